The summed E-state index contributed by atoms with van der Waals surface area (Å²) >= 11 is 0. The maximum absolute atomic E-state index is 11.9. The van der Waals surface area contributed by atoms with Crippen LogP contribution in [0.2, 0.25) is 0 Å². The number of amides is 2. The smallest absolute Gasteiger partial charge is 0.413 e. The van der Waals surface area contributed by atoms with Gasteiger partial charge in [-0.05, 0) is 31.2 Å². The minimum absolute atomic E-state index is 0.251. The molecular formula is C15H22N3O4+. The predicted molar refractivity (Wildman–Crippen MR) is 81.0 cm³/mol. The van der Waals surface area contributed by atoms with E-state index in [1.165, 1.54) is 7.11 Å². The Balaban J connectivity index is 1.87. The van der Waals surface area contributed by atoms with Crippen molar-refractivity contribution in [3.63, 3.8) is 0 Å². The van der Waals surface area contributed by atoms with Crippen molar-refractivity contribution in [2.75, 3.05) is 38.2 Å². The van der Waals surface area contributed by atoms with Gasteiger partial charge in [-0.3, -0.25) is 10.1 Å². The highest BCUT2D eigenvalue weighted by molar-refractivity contribution is 5.93. The van der Waals surface area contributed by atoms with Gasteiger partial charge in [0.1, 0.15) is 5.75 Å². The van der Waals surface area contributed by atoms with Gasteiger partial charge in [0.15, 0.2) is 6.04 Å². The molecule has 3 N–H and O–H groups in total. The summed E-state index contributed by atoms with van der Waals surface area (Å²) in [6, 6.07) is 6.80. The molecule has 0 radical (unpaired) electrons. The van der Waals surface area contributed by atoms with Gasteiger partial charge in [0.2, 0.25) is 0 Å². The fraction of sp³-hybridized carbons (Fsp3) is 0.467. The molecule has 0 spiro atoms. The number of piperazine rings is 1. The minimum atomic E-state index is -0.723. The van der Waals surface area contributed by atoms with Gasteiger partial charge in [0.05, 0.1) is 33.3 Å². The van der Waals surface area contributed by atoms with E-state index >= 15 is 0 Å². The molecule has 1 aliphatic rings. The lowest BCUT2D eigenvalue weighted by Crippen LogP contribution is -3.19. The van der Waals surface area contributed by atoms with E-state index in [4.69, 9.17) is 0 Å². The van der Waals surface area contributed by atoms with Crippen LogP contribution >= 0.6 is 0 Å². The topological polar surface area (TPSA) is 83.3 Å². The molecule has 7 heteroatoms. The molecule has 1 aromatic rings. The fourth-order valence-corrected chi connectivity index (χ4v) is 2.59. The third-order valence-electron chi connectivity index (χ3n) is 4.04. The zero-order valence-electron chi connectivity index (χ0n) is 12.8. The molecule has 1 aromatic carbocycles. The van der Waals surface area contributed by atoms with Crippen molar-refractivity contribution in [1.29, 1.82) is 0 Å². The lowest BCUT2D eigenvalue weighted by atomic mass is 10.2. The van der Waals surface area contributed by atoms with Gasteiger partial charge in [-0.25, -0.2) is 4.79 Å². The van der Waals surface area contributed by atoms with Gasteiger partial charge in [0, 0.05) is 5.69 Å². The van der Waals surface area contributed by atoms with E-state index in [0.29, 0.717) is 0 Å². The predicted octanol–water partition coefficient (Wildman–Crippen LogP) is -0.632. The van der Waals surface area contributed by atoms with Crippen LogP contribution in [0.1, 0.15) is 6.92 Å². The van der Waals surface area contributed by atoms with E-state index < -0.39 is 6.09 Å². The lowest BCUT2D eigenvalue weighted by Gasteiger charge is -2.35. The number of hydrogen-bond donors (Lipinski definition) is 3. The lowest BCUT2D eigenvalue weighted by molar-refractivity contribution is -0.914. The molecule has 1 fully saturated rings. The summed E-state index contributed by atoms with van der Waals surface area (Å²) in [7, 11) is 1.23. The van der Waals surface area contributed by atoms with Gasteiger partial charge < -0.3 is 19.6 Å². The maximum atomic E-state index is 11.9. The van der Waals surface area contributed by atoms with Crippen molar-refractivity contribution < 1.29 is 24.3 Å². The van der Waals surface area contributed by atoms with Crippen LogP contribution in [0.15, 0.2) is 24.3 Å². The number of benzene rings is 1. The van der Waals surface area contributed by atoms with Crippen molar-refractivity contribution in [3.8, 4) is 5.75 Å². The number of methoxy groups -OCH3 is 1. The molecule has 1 saturated heterocycles. The van der Waals surface area contributed by atoms with E-state index in [0.717, 1.165) is 36.8 Å². The highest BCUT2D eigenvalue weighted by Crippen LogP contribution is 2.18. The summed E-state index contributed by atoms with van der Waals surface area (Å²) in [6.45, 7) is 5.04. The van der Waals surface area contributed by atoms with Gasteiger partial charge in [0.25, 0.3) is 5.91 Å². The third-order valence-corrected chi connectivity index (χ3v) is 4.04. The van der Waals surface area contributed by atoms with E-state index in [-0.39, 0.29) is 17.7 Å². The molecule has 1 aliphatic heterocycles. The number of alkyl carbamates (subject to hydrolysis) is 1. The van der Waals surface area contributed by atoms with Crippen LogP contribution in [0.3, 0.4) is 0 Å². The average Bonchev–Trinajstić information content (AvgIpc) is 2.55. The molecule has 2 amide bonds. The third kappa shape index (κ3) is 3.88. The highest BCUT2D eigenvalue weighted by Gasteiger charge is 2.30. The Hall–Kier alpha value is -2.28. The van der Waals surface area contributed by atoms with E-state index in [2.05, 4.69) is 15.0 Å². The number of nitrogens with one attached hydrogen (secondary N) is 2. The Morgan fingerprint density at radius 3 is 2.41 bits per heavy atom. The first-order valence-electron chi connectivity index (χ1n) is 7.28. The summed E-state index contributed by atoms with van der Waals surface area (Å²) in [5.74, 6) is -0.0685. The van der Waals surface area contributed by atoms with Crippen LogP contribution in [-0.4, -0.2) is 56.4 Å². The Morgan fingerprint density at radius 1 is 1.27 bits per heavy atom. The summed E-state index contributed by atoms with van der Waals surface area (Å²) in [4.78, 5) is 26.4. The number of carbonyl (C=O) groups excluding carboxylic acids is 2. The van der Waals surface area contributed by atoms with E-state index in [1.807, 2.05) is 19.1 Å². The average molecular weight is 308 g/mol. The van der Waals surface area contributed by atoms with E-state index in [9.17, 15) is 14.7 Å². The van der Waals surface area contributed by atoms with E-state index in [1.54, 1.807) is 12.1 Å². The number of phenols is 1. The largest absolute Gasteiger partial charge is 0.508 e. The normalized spacial score (nSPS) is 16.9. The molecule has 1 heterocycles. The molecule has 2 rings (SSSR count). The van der Waals surface area contributed by atoms with Crippen molar-refractivity contribution >= 4 is 17.7 Å². The van der Waals surface area contributed by atoms with Crippen LogP contribution < -0.4 is 15.1 Å². The number of quaternary nitrogens is 1. The fourth-order valence-electron chi connectivity index (χ4n) is 2.59. The first-order valence-corrected chi connectivity index (χ1v) is 7.28. The molecule has 0 bridgehead atoms. The van der Waals surface area contributed by atoms with Crippen LogP contribution in [0.25, 0.3) is 0 Å². The number of carbonyl (C=O) groups is 2. The van der Waals surface area contributed by atoms with Crippen molar-refractivity contribution in [3.05, 3.63) is 24.3 Å². The number of anilines is 1. The monoisotopic (exact) mass is 308 g/mol. The standard InChI is InChI=1S/C15H21N3O4/c1-11(14(20)16-15(21)22-2)17-7-9-18(10-8-17)12-3-5-13(19)6-4-12/h3-6,11,19H,7-10H2,1-2H3,(H,16,20,21)/p+1/t11-/m1/s1. The molecule has 120 valence electrons. The second kappa shape index (κ2) is 7.13. The van der Waals surface area contributed by atoms with Crippen molar-refractivity contribution in [1.82, 2.24) is 5.32 Å². The molecule has 0 aromatic heterocycles. The number of hydrogen-bond acceptors (Lipinski definition) is 5. The quantitative estimate of drug-likeness (QED) is 0.692. The summed E-state index contributed by atoms with van der Waals surface area (Å²) < 4.78 is 4.43. The number of phenolic OH excluding ortho intramolecular Hbond substituents is 1. The molecule has 22 heavy (non-hydrogen) atoms. The Labute approximate surface area is 129 Å². The second-order valence-electron chi connectivity index (χ2n) is 5.36. The zero-order valence-corrected chi connectivity index (χ0v) is 12.8. The Morgan fingerprint density at radius 2 is 1.86 bits per heavy atom. The van der Waals surface area contributed by atoms with Gasteiger partial charge in [-0.1, -0.05) is 0 Å². The van der Waals surface area contributed by atoms with Crippen LogP contribution in [-0.2, 0) is 9.53 Å². The summed E-state index contributed by atoms with van der Waals surface area (Å²) in [5.41, 5.74) is 1.06. The molecule has 0 saturated carbocycles. The number of aromatic hydroxyl groups is 1. The van der Waals surface area contributed by atoms with Crippen molar-refractivity contribution in [2.24, 2.45) is 0 Å². The Kier molecular flexibility index (Phi) is 5.21. The van der Waals surface area contributed by atoms with Crippen LogP contribution in [0.5, 0.6) is 5.75 Å². The van der Waals surface area contributed by atoms with Crippen LogP contribution in [0, 0.1) is 0 Å². The molecule has 0 aliphatic carbocycles. The molecular weight excluding hydrogens is 286 g/mol. The second-order valence-corrected chi connectivity index (χ2v) is 5.36. The zero-order chi connectivity index (χ0) is 16.1. The molecule has 7 nitrogen and oxygen atoms in total. The first-order chi connectivity index (χ1) is 10.5. The van der Waals surface area contributed by atoms with Crippen LogP contribution in [0.4, 0.5) is 10.5 Å². The van der Waals surface area contributed by atoms with Gasteiger partial charge >= 0.3 is 6.09 Å². The first kappa shape index (κ1) is 16.1. The maximum Gasteiger partial charge on any atom is 0.413 e. The molecule has 0 unspecified atom stereocenters. The van der Waals surface area contributed by atoms with Gasteiger partial charge in [-0.2, -0.15) is 0 Å². The minimum Gasteiger partial charge on any atom is -0.508 e. The number of ether oxygens (including phenoxy) is 1. The highest BCUT2D eigenvalue weighted by atomic mass is 16.5. The summed E-state index contributed by atoms with van der Waals surface area (Å²) in [5, 5.41) is 11.5. The van der Waals surface area contributed by atoms with Gasteiger partial charge in [-0.15, -0.1) is 0 Å². The SMILES string of the molecule is COC(=O)NC(=O)[C@@H](C)[NH+]1CCN(c2ccc(O)cc2)CC1. The number of imide groups is 1. The van der Waals surface area contributed by atoms with Crippen molar-refractivity contribution in [2.45, 2.75) is 13.0 Å². The molecule has 1 atom stereocenters. The number of nitrogens with zero attached hydrogens (tertiary/aromatic N) is 1. The summed E-state index contributed by atoms with van der Waals surface area (Å²) in [6.07, 6.45) is -0.723. The Bertz CT molecular complexity index is 524. The number of rotatable bonds is 3.